The minimum atomic E-state index is -0.680. The summed E-state index contributed by atoms with van der Waals surface area (Å²) >= 11 is 6.62. The van der Waals surface area contributed by atoms with Crippen molar-refractivity contribution < 1.29 is 9.84 Å². The standard InChI is InChI=1S/C25H33ClN2O2/c26-23-15-20(9-10-24(23)30-18-19-7-3-1-4-8-19)22(17-28-14-11-21(27)16-28)25(29)12-5-2-6-13-25/h1,3-4,7-10,15,21-22,29H,2,5-6,11-14,16-18,27H2/t21-,22?/m0/s1. The monoisotopic (exact) mass is 428 g/mol. The summed E-state index contributed by atoms with van der Waals surface area (Å²) in [6.45, 7) is 3.21. The third kappa shape index (κ3) is 5.17. The Morgan fingerprint density at radius 1 is 1.13 bits per heavy atom. The number of hydrogen-bond acceptors (Lipinski definition) is 4. The zero-order valence-corrected chi connectivity index (χ0v) is 18.4. The Balaban J connectivity index is 1.52. The number of rotatable bonds is 7. The zero-order chi connectivity index (χ0) is 21.0. The number of benzene rings is 2. The van der Waals surface area contributed by atoms with Gasteiger partial charge < -0.3 is 20.5 Å². The van der Waals surface area contributed by atoms with Gasteiger partial charge >= 0.3 is 0 Å². The first kappa shape index (κ1) is 21.6. The predicted octanol–water partition coefficient (Wildman–Crippen LogP) is 4.73. The van der Waals surface area contributed by atoms with Crippen LogP contribution in [0.1, 0.15) is 55.6 Å². The lowest BCUT2D eigenvalue weighted by atomic mass is 9.72. The molecule has 2 aliphatic rings. The van der Waals surface area contributed by atoms with Crippen LogP contribution in [0.4, 0.5) is 0 Å². The van der Waals surface area contributed by atoms with Crippen molar-refractivity contribution >= 4 is 11.6 Å². The second kappa shape index (κ2) is 9.69. The van der Waals surface area contributed by atoms with Crippen LogP contribution in [0.15, 0.2) is 48.5 Å². The molecular weight excluding hydrogens is 396 g/mol. The van der Waals surface area contributed by atoms with Crippen LogP contribution in [0.5, 0.6) is 5.75 Å². The van der Waals surface area contributed by atoms with Crippen LogP contribution in [0.3, 0.4) is 0 Å². The minimum absolute atomic E-state index is 0.0313. The summed E-state index contributed by atoms with van der Waals surface area (Å²) in [4.78, 5) is 2.40. The van der Waals surface area contributed by atoms with Gasteiger partial charge in [0.15, 0.2) is 0 Å². The van der Waals surface area contributed by atoms with Crippen molar-refractivity contribution in [3.8, 4) is 5.75 Å². The van der Waals surface area contributed by atoms with E-state index in [-0.39, 0.29) is 12.0 Å². The Morgan fingerprint density at radius 2 is 1.90 bits per heavy atom. The van der Waals surface area contributed by atoms with Gasteiger partial charge in [0.2, 0.25) is 0 Å². The largest absolute Gasteiger partial charge is 0.487 e. The molecule has 1 unspecified atom stereocenters. The highest BCUT2D eigenvalue weighted by Gasteiger charge is 2.40. The number of likely N-dealkylation sites (tertiary alicyclic amines) is 1. The third-order valence-corrected chi connectivity index (χ3v) is 7.01. The van der Waals surface area contributed by atoms with Crippen molar-refractivity contribution in [2.24, 2.45) is 5.73 Å². The van der Waals surface area contributed by atoms with Crippen molar-refractivity contribution in [2.75, 3.05) is 19.6 Å². The number of aliphatic hydroxyl groups is 1. The van der Waals surface area contributed by atoms with Crippen LogP contribution in [0.2, 0.25) is 5.02 Å². The molecule has 2 aromatic rings. The van der Waals surface area contributed by atoms with Crippen LogP contribution in [-0.4, -0.2) is 41.3 Å². The van der Waals surface area contributed by atoms with Crippen LogP contribution >= 0.6 is 11.6 Å². The topological polar surface area (TPSA) is 58.7 Å². The van der Waals surface area contributed by atoms with Crippen molar-refractivity contribution in [1.29, 1.82) is 0 Å². The van der Waals surface area contributed by atoms with E-state index >= 15 is 0 Å². The molecule has 0 amide bonds. The van der Waals surface area contributed by atoms with Crippen molar-refractivity contribution in [1.82, 2.24) is 4.90 Å². The summed E-state index contributed by atoms with van der Waals surface area (Å²) in [6.07, 6.45) is 6.09. The maximum absolute atomic E-state index is 11.6. The van der Waals surface area contributed by atoms with E-state index in [9.17, 15) is 5.11 Å². The summed E-state index contributed by atoms with van der Waals surface area (Å²) in [6, 6.07) is 16.4. The van der Waals surface area contributed by atoms with Gasteiger partial charge in [-0.05, 0) is 49.1 Å². The lowest BCUT2D eigenvalue weighted by Crippen LogP contribution is -2.44. The summed E-state index contributed by atoms with van der Waals surface area (Å²) < 4.78 is 5.95. The van der Waals surface area contributed by atoms with E-state index < -0.39 is 5.60 Å². The highest BCUT2D eigenvalue weighted by atomic mass is 35.5. The van der Waals surface area contributed by atoms with Crippen molar-refractivity contribution in [3.05, 3.63) is 64.7 Å². The van der Waals surface area contributed by atoms with Gasteiger partial charge in [0, 0.05) is 25.0 Å². The summed E-state index contributed by atoms with van der Waals surface area (Å²) in [7, 11) is 0. The van der Waals surface area contributed by atoms with Crippen LogP contribution in [0, 0.1) is 0 Å². The first-order valence-corrected chi connectivity index (χ1v) is 11.6. The second-order valence-corrected chi connectivity index (χ2v) is 9.40. The second-order valence-electron chi connectivity index (χ2n) is 8.99. The quantitative estimate of drug-likeness (QED) is 0.669. The number of nitrogens with two attached hydrogens (primary N) is 1. The lowest BCUT2D eigenvalue weighted by Gasteiger charge is -2.41. The van der Waals surface area contributed by atoms with E-state index in [0.717, 1.165) is 62.9 Å². The highest BCUT2D eigenvalue weighted by molar-refractivity contribution is 6.32. The summed E-state index contributed by atoms with van der Waals surface area (Å²) in [5.74, 6) is 0.714. The molecule has 0 radical (unpaired) electrons. The Hall–Kier alpha value is -1.59. The molecule has 2 fully saturated rings. The molecule has 2 aromatic carbocycles. The van der Waals surface area contributed by atoms with E-state index in [4.69, 9.17) is 22.1 Å². The average molecular weight is 429 g/mol. The van der Waals surface area contributed by atoms with E-state index in [2.05, 4.69) is 11.0 Å². The van der Waals surface area contributed by atoms with Gasteiger partial charge in [-0.3, -0.25) is 0 Å². The Kier molecular flexibility index (Phi) is 6.99. The maximum atomic E-state index is 11.6. The van der Waals surface area contributed by atoms with Gasteiger partial charge in [-0.2, -0.15) is 0 Å². The molecule has 4 rings (SSSR count). The molecule has 4 nitrogen and oxygen atoms in total. The van der Waals surface area contributed by atoms with Crippen molar-refractivity contribution in [2.45, 2.75) is 62.7 Å². The van der Waals surface area contributed by atoms with E-state index in [1.165, 1.54) is 6.42 Å². The average Bonchev–Trinajstić information content (AvgIpc) is 3.17. The van der Waals surface area contributed by atoms with E-state index in [0.29, 0.717) is 17.4 Å². The SMILES string of the molecule is N[C@H]1CCN(CC(c2ccc(OCc3ccccc3)c(Cl)c2)C2(O)CCCCC2)C1. The highest BCUT2D eigenvalue weighted by Crippen LogP contribution is 2.42. The van der Waals surface area contributed by atoms with Gasteiger partial charge in [-0.15, -0.1) is 0 Å². The zero-order valence-electron chi connectivity index (χ0n) is 17.6. The molecule has 0 bridgehead atoms. The first-order valence-electron chi connectivity index (χ1n) is 11.2. The van der Waals surface area contributed by atoms with E-state index in [1.807, 2.05) is 42.5 Å². The fraction of sp³-hybridized carbons (Fsp3) is 0.520. The van der Waals surface area contributed by atoms with Gasteiger partial charge in [0.05, 0.1) is 10.6 Å². The smallest absolute Gasteiger partial charge is 0.138 e. The van der Waals surface area contributed by atoms with Crippen LogP contribution in [0.25, 0.3) is 0 Å². The molecule has 0 spiro atoms. The van der Waals surface area contributed by atoms with Crippen LogP contribution in [-0.2, 0) is 6.61 Å². The Morgan fingerprint density at radius 3 is 2.57 bits per heavy atom. The molecule has 1 aliphatic heterocycles. The van der Waals surface area contributed by atoms with Gasteiger partial charge in [0.1, 0.15) is 12.4 Å². The molecule has 1 aliphatic carbocycles. The fourth-order valence-corrected chi connectivity index (χ4v) is 5.21. The van der Waals surface area contributed by atoms with Gasteiger partial charge in [0.25, 0.3) is 0 Å². The molecule has 1 saturated heterocycles. The molecule has 162 valence electrons. The summed E-state index contributed by atoms with van der Waals surface area (Å²) in [5, 5.41) is 12.2. The molecule has 0 aromatic heterocycles. The molecule has 1 saturated carbocycles. The Labute approximate surface area is 185 Å². The lowest BCUT2D eigenvalue weighted by molar-refractivity contribution is -0.0294. The minimum Gasteiger partial charge on any atom is -0.487 e. The Bertz CT molecular complexity index is 823. The predicted molar refractivity (Wildman–Crippen MR) is 122 cm³/mol. The summed E-state index contributed by atoms with van der Waals surface area (Å²) in [5.41, 5.74) is 7.66. The fourth-order valence-electron chi connectivity index (χ4n) is 4.97. The third-order valence-electron chi connectivity index (χ3n) is 6.71. The number of nitrogens with zero attached hydrogens (tertiary/aromatic N) is 1. The molecule has 3 N–H and O–H groups in total. The van der Waals surface area contributed by atoms with Gasteiger partial charge in [-0.1, -0.05) is 67.3 Å². The first-order chi connectivity index (χ1) is 14.5. The molecule has 2 atom stereocenters. The van der Waals surface area contributed by atoms with E-state index in [1.54, 1.807) is 0 Å². The normalized spacial score (nSPS) is 22.7. The van der Waals surface area contributed by atoms with Crippen LogP contribution < -0.4 is 10.5 Å². The van der Waals surface area contributed by atoms with Crippen molar-refractivity contribution in [3.63, 3.8) is 0 Å². The molecular formula is C25H33ClN2O2. The number of hydrogen-bond donors (Lipinski definition) is 2. The van der Waals surface area contributed by atoms with Gasteiger partial charge in [-0.25, -0.2) is 0 Å². The maximum Gasteiger partial charge on any atom is 0.138 e. The molecule has 30 heavy (non-hydrogen) atoms. The number of halogens is 1. The molecule has 5 heteroatoms. The number of ether oxygens (including phenoxy) is 1. The molecule has 1 heterocycles.